The van der Waals surface area contributed by atoms with Crippen molar-refractivity contribution in [3.63, 3.8) is 0 Å². The van der Waals surface area contributed by atoms with Crippen molar-refractivity contribution >= 4 is 15.9 Å². The quantitative estimate of drug-likeness (QED) is 0.895. The van der Waals surface area contributed by atoms with E-state index in [0.29, 0.717) is 6.04 Å². The fourth-order valence-electron chi connectivity index (χ4n) is 1.47. The molecule has 0 unspecified atom stereocenters. The van der Waals surface area contributed by atoms with Crippen LogP contribution in [0.3, 0.4) is 0 Å². The van der Waals surface area contributed by atoms with E-state index in [-0.39, 0.29) is 0 Å². The van der Waals surface area contributed by atoms with E-state index in [1.165, 1.54) is 11.1 Å². The Bertz CT molecular complexity index is 323. The van der Waals surface area contributed by atoms with Gasteiger partial charge >= 0.3 is 0 Å². The second kappa shape index (κ2) is 4.43. The zero-order valence-electron chi connectivity index (χ0n) is 8.22. The highest BCUT2D eigenvalue weighted by Crippen LogP contribution is 2.16. The molecule has 2 nitrogen and oxygen atoms in total. The molecule has 0 saturated carbocycles. The van der Waals surface area contributed by atoms with Crippen molar-refractivity contribution in [2.45, 2.75) is 19.5 Å². The monoisotopic (exact) mass is 255 g/mol. The first-order valence-corrected chi connectivity index (χ1v) is 5.61. The second-order valence-electron chi connectivity index (χ2n) is 3.69. The molecule has 2 rings (SSSR count). The van der Waals surface area contributed by atoms with E-state index in [9.17, 15) is 0 Å². The number of benzene rings is 1. The third-order valence-corrected chi connectivity index (χ3v) is 3.02. The maximum absolute atomic E-state index is 5.10. The molecule has 0 atom stereocenters. The first-order valence-electron chi connectivity index (χ1n) is 4.82. The summed E-state index contributed by atoms with van der Waals surface area (Å²) in [5.41, 5.74) is 2.69. The molecule has 14 heavy (non-hydrogen) atoms. The van der Waals surface area contributed by atoms with Crippen LogP contribution in [0.1, 0.15) is 11.1 Å². The van der Waals surface area contributed by atoms with Gasteiger partial charge in [0.2, 0.25) is 0 Å². The molecule has 0 bridgehead atoms. The number of nitrogens with one attached hydrogen (secondary N) is 1. The van der Waals surface area contributed by atoms with Crippen LogP contribution >= 0.6 is 15.9 Å². The van der Waals surface area contributed by atoms with E-state index in [2.05, 4.69) is 46.4 Å². The van der Waals surface area contributed by atoms with Crippen molar-refractivity contribution in [3.8, 4) is 0 Å². The van der Waals surface area contributed by atoms with Gasteiger partial charge in [-0.2, -0.15) is 0 Å². The molecule has 0 aromatic heterocycles. The largest absolute Gasteiger partial charge is 0.378 e. The predicted molar refractivity (Wildman–Crippen MR) is 60.3 cm³/mol. The molecule has 76 valence electrons. The van der Waals surface area contributed by atoms with Gasteiger partial charge in [-0.25, -0.2) is 0 Å². The lowest BCUT2D eigenvalue weighted by Gasteiger charge is -2.27. The highest BCUT2D eigenvalue weighted by Gasteiger charge is 2.17. The van der Waals surface area contributed by atoms with E-state index in [4.69, 9.17) is 4.74 Å². The number of halogens is 1. The molecule has 3 heteroatoms. The van der Waals surface area contributed by atoms with Crippen LogP contribution in [0.5, 0.6) is 0 Å². The number of rotatable bonds is 3. The summed E-state index contributed by atoms with van der Waals surface area (Å²) in [6.07, 6.45) is 0. The lowest BCUT2D eigenvalue weighted by molar-refractivity contribution is -0.00580. The fourth-order valence-corrected chi connectivity index (χ4v) is 1.94. The van der Waals surface area contributed by atoms with Crippen molar-refractivity contribution in [1.29, 1.82) is 0 Å². The molecule has 1 aromatic carbocycles. The normalized spacial score (nSPS) is 16.7. The maximum Gasteiger partial charge on any atom is 0.0643 e. The Labute approximate surface area is 92.8 Å². The van der Waals surface area contributed by atoms with Crippen LogP contribution in [0, 0.1) is 6.92 Å². The van der Waals surface area contributed by atoms with Gasteiger partial charge in [0.15, 0.2) is 0 Å². The van der Waals surface area contributed by atoms with Gasteiger partial charge in [0, 0.05) is 11.0 Å². The molecule has 1 aliphatic rings. The summed E-state index contributed by atoms with van der Waals surface area (Å²) < 4.78 is 6.25. The van der Waals surface area contributed by atoms with Crippen LogP contribution in [0.25, 0.3) is 0 Å². The molecule has 0 radical (unpaired) electrons. The topological polar surface area (TPSA) is 21.3 Å². The molecule has 1 fully saturated rings. The van der Waals surface area contributed by atoms with Crippen molar-refractivity contribution in [2.24, 2.45) is 0 Å². The Kier molecular flexibility index (Phi) is 3.21. The third kappa shape index (κ3) is 2.35. The standard InChI is InChI=1S/C11H14BrNO/c1-8-4-10(12)3-2-9(8)5-13-11-6-14-7-11/h2-4,11,13H,5-7H2,1H3. The van der Waals surface area contributed by atoms with Crippen LogP contribution in [-0.4, -0.2) is 19.3 Å². The minimum atomic E-state index is 0.554. The number of hydrogen-bond donors (Lipinski definition) is 1. The highest BCUT2D eigenvalue weighted by atomic mass is 79.9. The Morgan fingerprint density at radius 1 is 1.50 bits per heavy atom. The van der Waals surface area contributed by atoms with Crippen molar-refractivity contribution in [1.82, 2.24) is 5.32 Å². The van der Waals surface area contributed by atoms with Crippen LogP contribution in [-0.2, 0) is 11.3 Å². The van der Waals surface area contributed by atoms with Crippen LogP contribution in [0.2, 0.25) is 0 Å². The van der Waals surface area contributed by atoms with E-state index in [1.807, 2.05) is 0 Å². The van der Waals surface area contributed by atoms with Crippen LogP contribution in [0.4, 0.5) is 0 Å². The Morgan fingerprint density at radius 3 is 2.86 bits per heavy atom. The highest BCUT2D eigenvalue weighted by molar-refractivity contribution is 9.10. The minimum Gasteiger partial charge on any atom is -0.378 e. The van der Waals surface area contributed by atoms with E-state index in [1.54, 1.807) is 0 Å². The van der Waals surface area contributed by atoms with Crippen molar-refractivity contribution in [2.75, 3.05) is 13.2 Å². The lowest BCUT2D eigenvalue weighted by Crippen LogP contribution is -2.45. The second-order valence-corrected chi connectivity index (χ2v) is 4.60. The first-order chi connectivity index (χ1) is 6.75. The molecule has 1 N–H and O–H groups in total. The summed E-state index contributed by atoms with van der Waals surface area (Å²) in [4.78, 5) is 0. The average molecular weight is 256 g/mol. The van der Waals surface area contributed by atoms with Gasteiger partial charge in [0.1, 0.15) is 0 Å². The Hall–Kier alpha value is -0.380. The Balaban J connectivity index is 1.94. The molecular formula is C11H14BrNO. The van der Waals surface area contributed by atoms with Gasteiger partial charge in [-0.3, -0.25) is 0 Å². The van der Waals surface area contributed by atoms with E-state index < -0.39 is 0 Å². The number of ether oxygens (including phenoxy) is 1. The molecule has 0 aliphatic carbocycles. The van der Waals surface area contributed by atoms with Gasteiger partial charge in [-0.1, -0.05) is 22.0 Å². The SMILES string of the molecule is Cc1cc(Br)ccc1CNC1COC1. The first kappa shape index (κ1) is 10.1. The number of aryl methyl sites for hydroxylation is 1. The van der Waals surface area contributed by atoms with Gasteiger partial charge in [-0.15, -0.1) is 0 Å². The summed E-state index contributed by atoms with van der Waals surface area (Å²) in [5, 5.41) is 3.46. The van der Waals surface area contributed by atoms with E-state index in [0.717, 1.165) is 24.2 Å². The minimum absolute atomic E-state index is 0.554. The summed E-state index contributed by atoms with van der Waals surface area (Å²) in [6.45, 7) is 4.79. The molecule has 1 aromatic rings. The number of hydrogen-bond acceptors (Lipinski definition) is 2. The van der Waals surface area contributed by atoms with Crippen molar-refractivity contribution < 1.29 is 4.74 Å². The summed E-state index contributed by atoms with van der Waals surface area (Å²) in [6, 6.07) is 6.94. The predicted octanol–water partition coefficient (Wildman–Crippen LogP) is 2.25. The zero-order chi connectivity index (χ0) is 9.97. The van der Waals surface area contributed by atoms with Gasteiger partial charge in [-0.05, 0) is 30.2 Å². The van der Waals surface area contributed by atoms with Gasteiger partial charge in [0.05, 0.1) is 19.3 Å². The molecule has 1 heterocycles. The van der Waals surface area contributed by atoms with Gasteiger partial charge in [0.25, 0.3) is 0 Å². The summed E-state index contributed by atoms with van der Waals surface area (Å²) in [5.74, 6) is 0. The fraction of sp³-hybridized carbons (Fsp3) is 0.455. The third-order valence-electron chi connectivity index (χ3n) is 2.52. The van der Waals surface area contributed by atoms with Crippen molar-refractivity contribution in [3.05, 3.63) is 33.8 Å². The van der Waals surface area contributed by atoms with E-state index >= 15 is 0 Å². The lowest BCUT2D eigenvalue weighted by atomic mass is 10.1. The van der Waals surface area contributed by atoms with Crippen LogP contribution < -0.4 is 5.32 Å². The van der Waals surface area contributed by atoms with Gasteiger partial charge < -0.3 is 10.1 Å². The Morgan fingerprint density at radius 2 is 2.29 bits per heavy atom. The summed E-state index contributed by atoms with van der Waals surface area (Å²) >= 11 is 3.46. The molecule has 0 spiro atoms. The molecule has 0 amide bonds. The maximum atomic E-state index is 5.10. The zero-order valence-corrected chi connectivity index (χ0v) is 9.80. The summed E-state index contributed by atoms with van der Waals surface area (Å²) in [7, 11) is 0. The molecule has 1 saturated heterocycles. The molecule has 1 aliphatic heterocycles. The molecular weight excluding hydrogens is 242 g/mol. The average Bonchev–Trinajstić information content (AvgIpc) is 2.05. The smallest absolute Gasteiger partial charge is 0.0643 e. The van der Waals surface area contributed by atoms with Crippen LogP contribution in [0.15, 0.2) is 22.7 Å².